The van der Waals surface area contributed by atoms with Crippen LogP contribution in [0.1, 0.15) is 31.3 Å². The largest absolute Gasteiger partial charge is 0.468 e. The lowest BCUT2D eigenvalue weighted by Crippen LogP contribution is -2.24. The lowest BCUT2D eigenvalue weighted by Gasteiger charge is -2.18. The van der Waals surface area contributed by atoms with Crippen LogP contribution in [0.4, 0.5) is 0 Å². The number of carbonyl (C=O) groups is 2. The summed E-state index contributed by atoms with van der Waals surface area (Å²) >= 11 is 0. The molecule has 0 aromatic carbocycles. The van der Waals surface area contributed by atoms with Crippen LogP contribution >= 0.6 is 0 Å². The second kappa shape index (κ2) is 4.99. The zero-order chi connectivity index (χ0) is 13.1. The standard InChI is InChI=1S/C11H16N2O4/c1-11(2,3)17-10(15)8-5-6-13(12-8)7-9(14)16-4/h5-6H,7H2,1-4H3. The normalized spacial score (nSPS) is 11.1. The molecule has 0 aliphatic carbocycles. The molecule has 0 spiro atoms. The molecule has 6 heteroatoms. The van der Waals surface area contributed by atoms with Crippen molar-refractivity contribution in [3.63, 3.8) is 0 Å². The van der Waals surface area contributed by atoms with Crippen LogP contribution in [0, 0.1) is 0 Å². The lowest BCUT2D eigenvalue weighted by molar-refractivity contribution is -0.141. The summed E-state index contributed by atoms with van der Waals surface area (Å²) in [6.07, 6.45) is 1.52. The van der Waals surface area contributed by atoms with Crippen molar-refractivity contribution in [1.29, 1.82) is 0 Å². The highest BCUT2D eigenvalue weighted by Crippen LogP contribution is 2.10. The molecule has 0 radical (unpaired) electrons. The van der Waals surface area contributed by atoms with Crippen LogP contribution in [-0.2, 0) is 20.8 Å². The summed E-state index contributed by atoms with van der Waals surface area (Å²) in [5.41, 5.74) is -0.396. The smallest absolute Gasteiger partial charge is 0.359 e. The minimum absolute atomic E-state index is 0.0285. The van der Waals surface area contributed by atoms with Crippen LogP contribution in [-0.4, -0.2) is 34.4 Å². The van der Waals surface area contributed by atoms with Crippen molar-refractivity contribution in [3.05, 3.63) is 18.0 Å². The van der Waals surface area contributed by atoms with E-state index in [1.54, 1.807) is 20.8 Å². The maximum absolute atomic E-state index is 11.6. The number of hydrogen-bond acceptors (Lipinski definition) is 5. The van der Waals surface area contributed by atoms with Gasteiger partial charge < -0.3 is 9.47 Å². The van der Waals surface area contributed by atoms with Gasteiger partial charge in [0.05, 0.1) is 7.11 Å². The molecular formula is C11H16N2O4. The van der Waals surface area contributed by atoms with Gasteiger partial charge in [-0.25, -0.2) is 4.79 Å². The molecule has 1 heterocycles. The van der Waals surface area contributed by atoms with Gasteiger partial charge in [-0.15, -0.1) is 0 Å². The van der Waals surface area contributed by atoms with Crippen LogP contribution in [0.2, 0.25) is 0 Å². The van der Waals surface area contributed by atoms with E-state index in [2.05, 4.69) is 9.84 Å². The summed E-state index contributed by atoms with van der Waals surface area (Å²) < 4.78 is 11.0. The Hall–Kier alpha value is -1.85. The van der Waals surface area contributed by atoms with E-state index in [4.69, 9.17) is 4.74 Å². The maximum atomic E-state index is 11.6. The van der Waals surface area contributed by atoms with Gasteiger partial charge in [0.25, 0.3) is 0 Å². The van der Waals surface area contributed by atoms with Crippen molar-refractivity contribution in [2.75, 3.05) is 7.11 Å². The first-order valence-electron chi connectivity index (χ1n) is 5.15. The number of rotatable bonds is 3. The fraction of sp³-hybridized carbons (Fsp3) is 0.545. The van der Waals surface area contributed by atoms with Crippen LogP contribution in [0.15, 0.2) is 12.3 Å². The Bertz CT molecular complexity index is 417. The third-order valence-corrected chi connectivity index (χ3v) is 1.77. The molecular weight excluding hydrogens is 224 g/mol. The Morgan fingerprint density at radius 1 is 1.41 bits per heavy atom. The van der Waals surface area contributed by atoms with Crippen molar-refractivity contribution in [2.45, 2.75) is 32.9 Å². The highest BCUT2D eigenvalue weighted by Gasteiger charge is 2.20. The predicted octanol–water partition coefficient (Wildman–Crippen LogP) is 1.01. The molecule has 0 aliphatic rings. The van der Waals surface area contributed by atoms with Gasteiger partial charge >= 0.3 is 11.9 Å². The van der Waals surface area contributed by atoms with Crippen LogP contribution in [0.5, 0.6) is 0 Å². The quantitative estimate of drug-likeness (QED) is 0.737. The van der Waals surface area contributed by atoms with E-state index >= 15 is 0 Å². The molecule has 0 N–H and O–H groups in total. The van der Waals surface area contributed by atoms with Crippen LogP contribution < -0.4 is 0 Å². The number of methoxy groups -OCH3 is 1. The zero-order valence-electron chi connectivity index (χ0n) is 10.4. The van der Waals surface area contributed by atoms with E-state index in [-0.39, 0.29) is 12.2 Å². The summed E-state index contributed by atoms with van der Waals surface area (Å²) in [7, 11) is 1.29. The van der Waals surface area contributed by atoms with Gasteiger partial charge in [-0.2, -0.15) is 5.10 Å². The van der Waals surface area contributed by atoms with E-state index in [0.717, 1.165) is 0 Å². The number of hydrogen-bond donors (Lipinski definition) is 0. The van der Waals surface area contributed by atoms with E-state index in [0.29, 0.717) is 0 Å². The van der Waals surface area contributed by atoms with E-state index < -0.39 is 17.5 Å². The average molecular weight is 240 g/mol. The summed E-state index contributed by atoms with van der Waals surface area (Å²) in [4.78, 5) is 22.6. The molecule has 1 aromatic rings. The average Bonchev–Trinajstić information content (AvgIpc) is 2.63. The Labute approximate surface area is 99.5 Å². The number of carbonyl (C=O) groups excluding carboxylic acids is 2. The molecule has 6 nitrogen and oxygen atoms in total. The predicted molar refractivity (Wildman–Crippen MR) is 59.4 cm³/mol. The van der Waals surface area contributed by atoms with Gasteiger partial charge in [-0.05, 0) is 26.8 Å². The molecule has 1 rings (SSSR count). The van der Waals surface area contributed by atoms with E-state index in [1.165, 1.54) is 24.1 Å². The maximum Gasteiger partial charge on any atom is 0.359 e. The molecule has 0 unspecified atom stereocenters. The van der Waals surface area contributed by atoms with Crippen LogP contribution in [0.3, 0.4) is 0 Å². The first kappa shape index (κ1) is 13.2. The molecule has 1 aromatic heterocycles. The Morgan fingerprint density at radius 3 is 2.59 bits per heavy atom. The van der Waals surface area contributed by atoms with Gasteiger partial charge in [0.1, 0.15) is 12.1 Å². The minimum atomic E-state index is -0.566. The van der Waals surface area contributed by atoms with Gasteiger partial charge in [0.2, 0.25) is 0 Å². The molecule has 0 atom stereocenters. The van der Waals surface area contributed by atoms with Crippen molar-refractivity contribution in [2.24, 2.45) is 0 Å². The fourth-order valence-electron chi connectivity index (χ4n) is 1.09. The third kappa shape index (κ3) is 4.26. The molecule has 94 valence electrons. The summed E-state index contributed by atoms with van der Waals surface area (Å²) in [6, 6.07) is 1.50. The van der Waals surface area contributed by atoms with Gasteiger partial charge in [0, 0.05) is 6.20 Å². The van der Waals surface area contributed by atoms with E-state index in [1.807, 2.05) is 0 Å². The topological polar surface area (TPSA) is 70.4 Å². The SMILES string of the molecule is COC(=O)Cn1ccc(C(=O)OC(C)(C)C)n1. The first-order valence-corrected chi connectivity index (χ1v) is 5.15. The second-order valence-electron chi connectivity index (χ2n) is 4.48. The number of esters is 2. The molecule has 17 heavy (non-hydrogen) atoms. The van der Waals surface area contributed by atoms with Gasteiger partial charge in [-0.3, -0.25) is 9.48 Å². The van der Waals surface area contributed by atoms with Gasteiger partial charge in [-0.1, -0.05) is 0 Å². The van der Waals surface area contributed by atoms with Gasteiger partial charge in [0.15, 0.2) is 5.69 Å². The minimum Gasteiger partial charge on any atom is -0.468 e. The Balaban J connectivity index is 2.68. The molecule has 0 fully saturated rings. The monoisotopic (exact) mass is 240 g/mol. The second-order valence-corrected chi connectivity index (χ2v) is 4.48. The third-order valence-electron chi connectivity index (χ3n) is 1.77. The number of nitrogens with zero attached hydrogens (tertiary/aromatic N) is 2. The molecule has 0 bridgehead atoms. The fourth-order valence-corrected chi connectivity index (χ4v) is 1.09. The molecule has 0 amide bonds. The van der Waals surface area contributed by atoms with Crippen LogP contribution in [0.25, 0.3) is 0 Å². The molecule has 0 aliphatic heterocycles. The highest BCUT2D eigenvalue weighted by atomic mass is 16.6. The summed E-state index contributed by atoms with van der Waals surface area (Å²) in [5, 5.41) is 3.92. The van der Waals surface area contributed by atoms with Crippen molar-refractivity contribution < 1.29 is 19.1 Å². The number of ether oxygens (including phenoxy) is 2. The Kier molecular flexibility index (Phi) is 3.88. The van der Waals surface area contributed by atoms with E-state index in [9.17, 15) is 9.59 Å². The van der Waals surface area contributed by atoms with Crippen molar-refractivity contribution in [1.82, 2.24) is 9.78 Å². The van der Waals surface area contributed by atoms with Crippen molar-refractivity contribution in [3.8, 4) is 0 Å². The first-order chi connectivity index (χ1) is 7.81. The highest BCUT2D eigenvalue weighted by molar-refractivity contribution is 5.87. The molecule has 0 saturated carbocycles. The molecule has 0 saturated heterocycles. The van der Waals surface area contributed by atoms with Crippen molar-refractivity contribution >= 4 is 11.9 Å². The Morgan fingerprint density at radius 2 is 2.06 bits per heavy atom. The summed E-state index contributed by atoms with van der Waals surface area (Å²) in [5.74, 6) is -0.940. The zero-order valence-corrected chi connectivity index (χ0v) is 10.4. The summed E-state index contributed by atoms with van der Waals surface area (Å²) in [6.45, 7) is 5.29. The lowest BCUT2D eigenvalue weighted by atomic mass is 10.2. The number of aromatic nitrogens is 2.